The van der Waals surface area contributed by atoms with Gasteiger partial charge in [-0.05, 0) is 44.9 Å². The Labute approximate surface area is 105 Å². The lowest BCUT2D eigenvalue weighted by Gasteiger charge is -2.18. The number of aryl methyl sites for hydroxylation is 2. The van der Waals surface area contributed by atoms with Crippen LogP contribution in [0.3, 0.4) is 0 Å². The van der Waals surface area contributed by atoms with Crippen molar-refractivity contribution >= 4 is 0 Å². The molecule has 1 heterocycles. The molecule has 0 aliphatic carbocycles. The summed E-state index contributed by atoms with van der Waals surface area (Å²) in [6.45, 7) is 8.58. The Balaban J connectivity index is 2.68. The van der Waals surface area contributed by atoms with E-state index in [1.165, 1.54) is 24.8 Å². The van der Waals surface area contributed by atoms with Gasteiger partial charge < -0.3 is 5.32 Å². The molecule has 1 rings (SSSR count). The highest BCUT2D eigenvalue weighted by Crippen LogP contribution is 2.22. The Bertz CT molecular complexity index is 347. The third-order valence-electron chi connectivity index (χ3n) is 3.14. The molecule has 0 aliphatic heterocycles. The van der Waals surface area contributed by atoms with Crippen LogP contribution in [0, 0.1) is 19.8 Å². The van der Waals surface area contributed by atoms with Crippen LogP contribution in [-0.4, -0.2) is 17.2 Å². The van der Waals surface area contributed by atoms with E-state index in [1.54, 1.807) is 0 Å². The second-order valence-corrected chi connectivity index (χ2v) is 5.19. The summed E-state index contributed by atoms with van der Waals surface area (Å²) in [4.78, 5) is 0. The predicted octanol–water partition coefficient (Wildman–Crippen LogP) is 3.18. The Morgan fingerprint density at radius 2 is 1.88 bits per heavy atom. The summed E-state index contributed by atoms with van der Waals surface area (Å²) in [6.07, 6.45) is 3.71. The van der Waals surface area contributed by atoms with Crippen molar-refractivity contribution in [3.63, 3.8) is 0 Å². The molecule has 1 unspecified atom stereocenters. The normalized spacial score (nSPS) is 13.1. The van der Waals surface area contributed by atoms with Gasteiger partial charge in [0.25, 0.3) is 0 Å². The zero-order valence-corrected chi connectivity index (χ0v) is 11.7. The number of rotatable bonds is 6. The fourth-order valence-corrected chi connectivity index (χ4v) is 2.11. The average molecular weight is 235 g/mol. The molecule has 3 heteroatoms. The molecule has 3 nitrogen and oxygen atoms in total. The lowest BCUT2D eigenvalue weighted by molar-refractivity contribution is 0.467. The van der Waals surface area contributed by atoms with E-state index in [4.69, 9.17) is 0 Å². The summed E-state index contributed by atoms with van der Waals surface area (Å²) in [5.74, 6) is 0.783. The molecule has 0 saturated heterocycles. The van der Waals surface area contributed by atoms with E-state index in [2.05, 4.69) is 35.4 Å². The van der Waals surface area contributed by atoms with Gasteiger partial charge in [0.1, 0.15) is 0 Å². The summed E-state index contributed by atoms with van der Waals surface area (Å²) < 4.78 is 0. The minimum absolute atomic E-state index is 0.406. The highest BCUT2D eigenvalue weighted by Gasteiger charge is 2.13. The zero-order chi connectivity index (χ0) is 12.8. The minimum atomic E-state index is 0.406. The number of aromatic nitrogens is 2. The van der Waals surface area contributed by atoms with Crippen molar-refractivity contribution in [2.24, 2.45) is 5.92 Å². The molecule has 1 N–H and O–H groups in total. The van der Waals surface area contributed by atoms with E-state index in [0.717, 1.165) is 17.3 Å². The van der Waals surface area contributed by atoms with E-state index in [-0.39, 0.29) is 0 Å². The van der Waals surface area contributed by atoms with Gasteiger partial charge in [0.2, 0.25) is 0 Å². The van der Waals surface area contributed by atoms with Crippen LogP contribution in [0.15, 0.2) is 6.07 Å². The molecule has 0 amide bonds. The van der Waals surface area contributed by atoms with Crippen molar-refractivity contribution < 1.29 is 0 Å². The number of nitrogens with zero attached hydrogens (tertiary/aromatic N) is 2. The third-order valence-corrected chi connectivity index (χ3v) is 3.14. The first kappa shape index (κ1) is 14.1. The van der Waals surface area contributed by atoms with E-state index in [0.29, 0.717) is 6.04 Å². The smallest absolute Gasteiger partial charge is 0.0648 e. The largest absolute Gasteiger partial charge is 0.313 e. The van der Waals surface area contributed by atoms with Crippen LogP contribution in [0.2, 0.25) is 0 Å². The SMILES string of the molecule is CNC(CCCC(C)C)c1cc(C)nnc1C. The van der Waals surface area contributed by atoms with Crippen molar-refractivity contribution in [2.75, 3.05) is 7.05 Å². The van der Waals surface area contributed by atoms with Crippen molar-refractivity contribution in [2.45, 2.75) is 53.0 Å². The summed E-state index contributed by atoms with van der Waals surface area (Å²) in [7, 11) is 2.02. The van der Waals surface area contributed by atoms with Gasteiger partial charge in [-0.25, -0.2) is 0 Å². The summed E-state index contributed by atoms with van der Waals surface area (Å²) in [5.41, 5.74) is 3.33. The van der Waals surface area contributed by atoms with Gasteiger partial charge in [0.05, 0.1) is 11.4 Å². The number of hydrogen-bond acceptors (Lipinski definition) is 3. The zero-order valence-electron chi connectivity index (χ0n) is 11.7. The van der Waals surface area contributed by atoms with E-state index >= 15 is 0 Å². The fraction of sp³-hybridized carbons (Fsp3) is 0.714. The van der Waals surface area contributed by atoms with Gasteiger partial charge in [-0.2, -0.15) is 10.2 Å². The Morgan fingerprint density at radius 3 is 2.47 bits per heavy atom. The van der Waals surface area contributed by atoms with Crippen LogP contribution in [0.25, 0.3) is 0 Å². The first-order valence-corrected chi connectivity index (χ1v) is 6.52. The maximum atomic E-state index is 4.20. The second kappa shape index (κ2) is 6.70. The molecule has 1 aromatic heterocycles. The van der Waals surface area contributed by atoms with Crippen molar-refractivity contribution in [3.8, 4) is 0 Å². The standard InChI is InChI=1S/C14H25N3/c1-10(2)7-6-8-14(15-5)13-9-11(3)16-17-12(13)4/h9-10,14-15H,6-8H2,1-5H3. The Morgan fingerprint density at radius 1 is 1.18 bits per heavy atom. The highest BCUT2D eigenvalue weighted by atomic mass is 15.1. The summed E-state index contributed by atoms with van der Waals surface area (Å²) >= 11 is 0. The molecule has 0 aromatic carbocycles. The number of hydrogen-bond donors (Lipinski definition) is 1. The van der Waals surface area contributed by atoms with Crippen LogP contribution in [0.4, 0.5) is 0 Å². The van der Waals surface area contributed by atoms with Crippen molar-refractivity contribution in [1.82, 2.24) is 15.5 Å². The molecule has 0 bridgehead atoms. The lowest BCUT2D eigenvalue weighted by atomic mass is 9.97. The van der Waals surface area contributed by atoms with Gasteiger partial charge in [-0.15, -0.1) is 0 Å². The first-order valence-electron chi connectivity index (χ1n) is 6.52. The van der Waals surface area contributed by atoms with Crippen molar-refractivity contribution in [3.05, 3.63) is 23.0 Å². The van der Waals surface area contributed by atoms with E-state index in [9.17, 15) is 0 Å². The van der Waals surface area contributed by atoms with Gasteiger partial charge in [0, 0.05) is 6.04 Å². The monoisotopic (exact) mass is 235 g/mol. The molecular formula is C14H25N3. The minimum Gasteiger partial charge on any atom is -0.313 e. The van der Waals surface area contributed by atoms with Crippen molar-refractivity contribution in [1.29, 1.82) is 0 Å². The molecule has 96 valence electrons. The quantitative estimate of drug-likeness (QED) is 0.823. The van der Waals surface area contributed by atoms with Gasteiger partial charge in [0.15, 0.2) is 0 Å². The maximum Gasteiger partial charge on any atom is 0.0648 e. The molecule has 1 aromatic rings. The Hall–Kier alpha value is -0.960. The Kier molecular flexibility index (Phi) is 5.56. The molecule has 0 aliphatic rings. The predicted molar refractivity (Wildman–Crippen MR) is 72.0 cm³/mol. The first-order chi connectivity index (χ1) is 8.04. The summed E-state index contributed by atoms with van der Waals surface area (Å²) in [6, 6.07) is 2.56. The van der Waals surface area contributed by atoms with Crippen LogP contribution in [-0.2, 0) is 0 Å². The second-order valence-electron chi connectivity index (χ2n) is 5.19. The van der Waals surface area contributed by atoms with E-state index in [1.807, 2.05) is 20.9 Å². The molecule has 0 saturated carbocycles. The maximum absolute atomic E-state index is 4.20. The van der Waals surface area contributed by atoms with Crippen LogP contribution in [0.5, 0.6) is 0 Å². The van der Waals surface area contributed by atoms with Crippen LogP contribution < -0.4 is 5.32 Å². The molecular weight excluding hydrogens is 210 g/mol. The fourth-order valence-electron chi connectivity index (χ4n) is 2.11. The lowest BCUT2D eigenvalue weighted by Crippen LogP contribution is -2.18. The topological polar surface area (TPSA) is 37.8 Å². The van der Waals surface area contributed by atoms with Crippen LogP contribution >= 0.6 is 0 Å². The van der Waals surface area contributed by atoms with E-state index < -0.39 is 0 Å². The van der Waals surface area contributed by atoms with Crippen LogP contribution in [0.1, 0.15) is 56.1 Å². The molecule has 0 radical (unpaired) electrons. The third kappa shape index (κ3) is 4.43. The molecule has 1 atom stereocenters. The highest BCUT2D eigenvalue weighted by molar-refractivity contribution is 5.23. The van der Waals surface area contributed by atoms with Gasteiger partial charge >= 0.3 is 0 Å². The molecule has 0 spiro atoms. The molecule has 17 heavy (non-hydrogen) atoms. The van der Waals surface area contributed by atoms with Gasteiger partial charge in [-0.1, -0.05) is 26.7 Å². The molecule has 0 fully saturated rings. The average Bonchev–Trinajstić information content (AvgIpc) is 2.28. The number of nitrogens with one attached hydrogen (secondary N) is 1. The van der Waals surface area contributed by atoms with Gasteiger partial charge in [-0.3, -0.25) is 0 Å². The summed E-state index contributed by atoms with van der Waals surface area (Å²) in [5, 5.41) is 11.7.